The summed E-state index contributed by atoms with van der Waals surface area (Å²) in [4.78, 5) is 0. The Bertz CT molecular complexity index is 386. The van der Waals surface area contributed by atoms with Crippen molar-refractivity contribution in [2.24, 2.45) is 12.5 Å². The summed E-state index contributed by atoms with van der Waals surface area (Å²) in [5.74, 6) is 0. The first-order chi connectivity index (χ1) is 8.76. The van der Waals surface area contributed by atoms with Crippen LogP contribution in [0.4, 0.5) is 0 Å². The predicted molar refractivity (Wildman–Crippen MR) is 73.5 cm³/mol. The number of rotatable bonds is 5. The number of hydrogen-bond acceptors (Lipinski definition) is 2. The van der Waals surface area contributed by atoms with Crippen molar-refractivity contribution in [2.45, 2.75) is 57.4 Å². The zero-order valence-corrected chi connectivity index (χ0v) is 11.5. The summed E-state index contributed by atoms with van der Waals surface area (Å²) in [6, 6.07) is 0.831. The van der Waals surface area contributed by atoms with E-state index in [-0.39, 0.29) is 0 Å². The van der Waals surface area contributed by atoms with Crippen LogP contribution >= 0.6 is 0 Å². The fraction of sp³-hybridized carbons (Fsp3) is 0.800. The number of hydrogen-bond donors (Lipinski definition) is 1. The molecule has 0 unspecified atom stereocenters. The van der Waals surface area contributed by atoms with E-state index in [2.05, 4.69) is 16.6 Å². The average Bonchev–Trinajstić information content (AvgIpc) is 3.12. The molecule has 2 saturated carbocycles. The summed E-state index contributed by atoms with van der Waals surface area (Å²) in [5, 5.41) is 8.08. The van der Waals surface area contributed by atoms with Crippen LogP contribution in [0.5, 0.6) is 0 Å². The Balaban J connectivity index is 1.66. The number of aromatic nitrogens is 2. The number of nitrogens with zero attached hydrogens (tertiary/aromatic N) is 2. The summed E-state index contributed by atoms with van der Waals surface area (Å²) in [5.41, 5.74) is 1.92. The minimum atomic E-state index is 0.504. The predicted octanol–water partition coefficient (Wildman–Crippen LogP) is 2.67. The highest BCUT2D eigenvalue weighted by Gasteiger charge is 2.34. The molecule has 0 amide bonds. The molecule has 18 heavy (non-hydrogen) atoms. The van der Waals surface area contributed by atoms with E-state index in [9.17, 15) is 0 Å². The van der Waals surface area contributed by atoms with E-state index in [0.29, 0.717) is 5.41 Å². The van der Waals surface area contributed by atoms with Crippen molar-refractivity contribution in [1.29, 1.82) is 0 Å². The van der Waals surface area contributed by atoms with Crippen molar-refractivity contribution in [3.05, 3.63) is 18.0 Å². The fourth-order valence-electron chi connectivity index (χ4n) is 3.36. The van der Waals surface area contributed by atoms with Crippen LogP contribution < -0.4 is 5.32 Å². The van der Waals surface area contributed by atoms with Crippen molar-refractivity contribution in [3.63, 3.8) is 0 Å². The Morgan fingerprint density at radius 2 is 2.11 bits per heavy atom. The Morgan fingerprint density at radius 1 is 1.33 bits per heavy atom. The first-order valence-corrected chi connectivity index (χ1v) is 7.47. The molecule has 0 spiro atoms. The first-order valence-electron chi connectivity index (χ1n) is 7.47. The third kappa shape index (κ3) is 2.94. The maximum atomic E-state index is 4.32. The maximum absolute atomic E-state index is 4.32. The third-order valence-electron chi connectivity index (χ3n) is 4.59. The van der Waals surface area contributed by atoms with Gasteiger partial charge in [-0.3, -0.25) is 4.68 Å². The molecular formula is C15H25N3. The van der Waals surface area contributed by atoms with E-state index in [0.717, 1.165) is 6.04 Å². The third-order valence-corrected chi connectivity index (χ3v) is 4.59. The summed E-state index contributed by atoms with van der Waals surface area (Å²) < 4.78 is 1.93. The second-order valence-electron chi connectivity index (χ2n) is 6.41. The molecule has 0 aromatic carbocycles. The van der Waals surface area contributed by atoms with Gasteiger partial charge in [0.2, 0.25) is 0 Å². The molecule has 1 N–H and O–H groups in total. The topological polar surface area (TPSA) is 29.9 Å². The van der Waals surface area contributed by atoms with Crippen LogP contribution in [0, 0.1) is 5.41 Å². The van der Waals surface area contributed by atoms with Gasteiger partial charge in [-0.25, -0.2) is 0 Å². The Hall–Kier alpha value is -0.830. The van der Waals surface area contributed by atoms with Gasteiger partial charge in [-0.2, -0.15) is 5.10 Å². The van der Waals surface area contributed by atoms with Crippen LogP contribution in [0.3, 0.4) is 0 Å². The smallest absolute Gasteiger partial charge is 0.0521 e. The molecule has 0 bridgehead atoms. The van der Waals surface area contributed by atoms with Gasteiger partial charge in [-0.15, -0.1) is 0 Å². The molecule has 1 heterocycles. The number of aryl methyl sites for hydroxylation is 1. The molecule has 3 rings (SSSR count). The van der Waals surface area contributed by atoms with E-state index < -0.39 is 0 Å². The van der Waals surface area contributed by atoms with E-state index in [1.165, 1.54) is 63.5 Å². The van der Waals surface area contributed by atoms with Crippen LogP contribution in [0.25, 0.3) is 0 Å². The molecule has 0 radical (unpaired) electrons. The van der Waals surface area contributed by atoms with Crippen LogP contribution in [0.2, 0.25) is 0 Å². The molecule has 2 aliphatic carbocycles. The Kier molecular flexibility index (Phi) is 3.42. The summed E-state index contributed by atoms with van der Waals surface area (Å²) in [6.07, 6.45) is 15.3. The molecule has 0 aliphatic heterocycles. The first kappa shape index (κ1) is 12.2. The molecule has 3 heteroatoms. The quantitative estimate of drug-likeness (QED) is 0.867. The van der Waals surface area contributed by atoms with Crippen LogP contribution in [-0.2, 0) is 13.5 Å². The minimum Gasteiger partial charge on any atom is -0.313 e. The minimum absolute atomic E-state index is 0.504. The van der Waals surface area contributed by atoms with Crippen molar-refractivity contribution in [1.82, 2.24) is 15.1 Å². The van der Waals surface area contributed by atoms with E-state index in [1.54, 1.807) is 0 Å². The molecular weight excluding hydrogens is 222 g/mol. The van der Waals surface area contributed by atoms with Gasteiger partial charge >= 0.3 is 0 Å². The van der Waals surface area contributed by atoms with E-state index in [1.807, 2.05) is 17.9 Å². The normalized spacial score (nSPS) is 23.2. The van der Waals surface area contributed by atoms with Gasteiger partial charge in [0, 0.05) is 25.8 Å². The fourth-order valence-corrected chi connectivity index (χ4v) is 3.36. The molecule has 1 aromatic rings. The SMILES string of the molecule is Cn1cc(CC2(CNC3CC3)CCCCC2)cn1. The summed E-state index contributed by atoms with van der Waals surface area (Å²) in [6.45, 7) is 1.21. The van der Waals surface area contributed by atoms with Crippen molar-refractivity contribution in [3.8, 4) is 0 Å². The van der Waals surface area contributed by atoms with Crippen molar-refractivity contribution < 1.29 is 0 Å². The molecule has 0 atom stereocenters. The second-order valence-corrected chi connectivity index (χ2v) is 6.41. The van der Waals surface area contributed by atoms with Crippen molar-refractivity contribution >= 4 is 0 Å². The van der Waals surface area contributed by atoms with Crippen LogP contribution in [0.1, 0.15) is 50.5 Å². The van der Waals surface area contributed by atoms with Gasteiger partial charge in [0.05, 0.1) is 6.20 Å². The zero-order valence-electron chi connectivity index (χ0n) is 11.5. The van der Waals surface area contributed by atoms with E-state index in [4.69, 9.17) is 0 Å². The molecule has 0 saturated heterocycles. The van der Waals surface area contributed by atoms with Gasteiger partial charge in [0.25, 0.3) is 0 Å². The second kappa shape index (κ2) is 5.04. The Morgan fingerprint density at radius 3 is 2.72 bits per heavy atom. The van der Waals surface area contributed by atoms with Gasteiger partial charge in [-0.1, -0.05) is 19.3 Å². The monoisotopic (exact) mass is 247 g/mol. The lowest BCUT2D eigenvalue weighted by atomic mass is 9.70. The lowest BCUT2D eigenvalue weighted by Gasteiger charge is -2.37. The van der Waals surface area contributed by atoms with Gasteiger partial charge in [0.15, 0.2) is 0 Å². The Labute approximate surface area is 110 Å². The molecule has 1 aromatic heterocycles. The molecule has 2 aliphatic rings. The standard InChI is InChI=1S/C15H25N3/c1-18-11-13(10-17-18)9-15(7-3-2-4-8-15)12-16-14-5-6-14/h10-11,14,16H,2-9,12H2,1H3. The maximum Gasteiger partial charge on any atom is 0.0521 e. The largest absolute Gasteiger partial charge is 0.313 e. The summed E-state index contributed by atoms with van der Waals surface area (Å²) in [7, 11) is 2.01. The highest BCUT2D eigenvalue weighted by atomic mass is 15.2. The van der Waals surface area contributed by atoms with Gasteiger partial charge < -0.3 is 5.32 Å². The average molecular weight is 247 g/mol. The van der Waals surface area contributed by atoms with E-state index >= 15 is 0 Å². The van der Waals surface area contributed by atoms with Gasteiger partial charge in [-0.05, 0) is 43.1 Å². The lowest BCUT2D eigenvalue weighted by molar-refractivity contribution is 0.180. The molecule has 100 valence electrons. The summed E-state index contributed by atoms with van der Waals surface area (Å²) >= 11 is 0. The van der Waals surface area contributed by atoms with Crippen molar-refractivity contribution in [2.75, 3.05) is 6.54 Å². The lowest BCUT2D eigenvalue weighted by Crippen LogP contribution is -2.38. The van der Waals surface area contributed by atoms with Gasteiger partial charge in [0.1, 0.15) is 0 Å². The number of nitrogens with one attached hydrogen (secondary N) is 1. The molecule has 2 fully saturated rings. The van der Waals surface area contributed by atoms with Crippen LogP contribution in [-0.4, -0.2) is 22.4 Å². The highest BCUT2D eigenvalue weighted by molar-refractivity contribution is 5.09. The highest BCUT2D eigenvalue weighted by Crippen LogP contribution is 2.39. The van der Waals surface area contributed by atoms with Crippen LogP contribution in [0.15, 0.2) is 12.4 Å². The zero-order chi connectivity index (χ0) is 12.4. The molecule has 3 nitrogen and oxygen atoms in total.